The van der Waals surface area contributed by atoms with Crippen molar-refractivity contribution in [2.45, 2.75) is 58.4 Å². The highest BCUT2D eigenvalue weighted by molar-refractivity contribution is 7.99. The lowest BCUT2D eigenvalue weighted by Crippen LogP contribution is -2.13. The molecule has 1 heterocycles. The van der Waals surface area contributed by atoms with Crippen LogP contribution in [0.5, 0.6) is 0 Å². The Morgan fingerprint density at radius 3 is 2.35 bits per heavy atom. The van der Waals surface area contributed by atoms with Crippen molar-refractivity contribution in [1.29, 1.82) is 0 Å². The Balaban J connectivity index is 2.74. The number of rotatable bonds is 4. The highest BCUT2D eigenvalue weighted by atomic mass is 32.2. The fourth-order valence-electron chi connectivity index (χ4n) is 1.33. The van der Waals surface area contributed by atoms with Gasteiger partial charge in [-0.25, -0.2) is 4.98 Å². The van der Waals surface area contributed by atoms with Crippen LogP contribution in [-0.2, 0) is 5.41 Å². The second-order valence-corrected chi connectivity index (χ2v) is 7.43. The maximum absolute atomic E-state index is 4.45. The van der Waals surface area contributed by atoms with Gasteiger partial charge < -0.3 is 0 Å². The van der Waals surface area contributed by atoms with Crippen molar-refractivity contribution in [3.8, 4) is 0 Å². The first-order valence-corrected chi connectivity index (χ1v) is 7.32. The molecule has 2 heteroatoms. The minimum absolute atomic E-state index is 0.207. The zero-order valence-electron chi connectivity index (χ0n) is 12.0. The Kier molecular flexibility index (Phi) is 4.65. The van der Waals surface area contributed by atoms with Gasteiger partial charge in [0.15, 0.2) is 0 Å². The third-order valence-corrected chi connectivity index (χ3v) is 4.61. The van der Waals surface area contributed by atoms with Crippen molar-refractivity contribution in [2.24, 2.45) is 5.41 Å². The minimum Gasteiger partial charge on any atom is -0.250 e. The lowest BCUT2D eigenvalue weighted by atomic mass is 9.88. The Bertz CT molecular complexity index is 363. The van der Waals surface area contributed by atoms with Gasteiger partial charge in [0.25, 0.3) is 0 Å². The smallest absolute Gasteiger partial charge is 0.0962 e. The third-order valence-electron chi connectivity index (χ3n) is 3.17. The molecule has 1 nitrogen and oxygen atoms in total. The Morgan fingerprint density at radius 2 is 1.82 bits per heavy atom. The van der Waals surface area contributed by atoms with Crippen LogP contribution in [0, 0.1) is 5.41 Å². The Morgan fingerprint density at radius 1 is 1.18 bits per heavy atom. The van der Waals surface area contributed by atoms with Gasteiger partial charge in [-0.1, -0.05) is 48.0 Å². The molecule has 0 atom stereocenters. The first-order chi connectivity index (χ1) is 7.74. The number of nitrogens with zero attached hydrogens (tertiary/aromatic N) is 1. The molecule has 0 fully saturated rings. The van der Waals surface area contributed by atoms with E-state index in [0.29, 0.717) is 5.41 Å². The van der Waals surface area contributed by atoms with Crippen LogP contribution in [0.25, 0.3) is 0 Å². The van der Waals surface area contributed by atoms with Crippen LogP contribution in [0.1, 0.15) is 53.5 Å². The van der Waals surface area contributed by atoms with Gasteiger partial charge in [-0.3, -0.25) is 0 Å². The molecule has 0 unspecified atom stereocenters. The summed E-state index contributed by atoms with van der Waals surface area (Å²) in [5.41, 5.74) is 1.96. The molecule has 0 bridgehead atoms. The lowest BCUT2D eigenvalue weighted by Gasteiger charge is -2.22. The molecule has 0 aliphatic heterocycles. The molecular weight excluding hydrogens is 226 g/mol. The normalized spacial score (nSPS) is 12.8. The van der Waals surface area contributed by atoms with E-state index in [2.05, 4.69) is 58.7 Å². The van der Waals surface area contributed by atoms with Crippen LogP contribution in [0.2, 0.25) is 0 Å². The number of pyridine rings is 1. The van der Waals surface area contributed by atoms with E-state index in [9.17, 15) is 0 Å². The SMILES string of the molecule is CCC(C)(C)CSc1cc(C(C)(C)C)ccn1. The van der Waals surface area contributed by atoms with Crippen molar-refractivity contribution in [1.82, 2.24) is 4.98 Å². The molecule has 0 saturated carbocycles. The van der Waals surface area contributed by atoms with Crippen LogP contribution >= 0.6 is 11.8 Å². The molecule has 96 valence electrons. The van der Waals surface area contributed by atoms with Gasteiger partial charge in [-0.2, -0.15) is 0 Å². The van der Waals surface area contributed by atoms with Gasteiger partial charge in [0.2, 0.25) is 0 Å². The fourth-order valence-corrected chi connectivity index (χ4v) is 2.41. The predicted octanol–water partition coefficient (Wildman–Crippen LogP) is 4.91. The monoisotopic (exact) mass is 251 g/mol. The fraction of sp³-hybridized carbons (Fsp3) is 0.667. The second kappa shape index (κ2) is 5.43. The molecule has 0 aromatic carbocycles. The van der Waals surface area contributed by atoms with E-state index in [1.165, 1.54) is 12.0 Å². The van der Waals surface area contributed by atoms with Gasteiger partial charge in [-0.15, -0.1) is 11.8 Å². The molecule has 0 aliphatic rings. The van der Waals surface area contributed by atoms with Crippen LogP contribution < -0.4 is 0 Å². The molecule has 0 N–H and O–H groups in total. The Hall–Kier alpha value is -0.500. The number of thioether (sulfide) groups is 1. The first-order valence-electron chi connectivity index (χ1n) is 6.34. The summed E-state index contributed by atoms with van der Waals surface area (Å²) >= 11 is 1.87. The number of aromatic nitrogens is 1. The van der Waals surface area contributed by atoms with Crippen LogP contribution in [0.15, 0.2) is 23.4 Å². The predicted molar refractivity (Wildman–Crippen MR) is 77.7 cm³/mol. The van der Waals surface area contributed by atoms with Crippen LogP contribution in [0.4, 0.5) is 0 Å². The second-order valence-electron chi connectivity index (χ2n) is 6.44. The van der Waals surface area contributed by atoms with E-state index in [4.69, 9.17) is 0 Å². The van der Waals surface area contributed by atoms with Crippen LogP contribution in [-0.4, -0.2) is 10.7 Å². The average Bonchev–Trinajstić information content (AvgIpc) is 2.26. The summed E-state index contributed by atoms with van der Waals surface area (Å²) in [6.45, 7) is 13.6. The molecule has 0 amide bonds. The molecule has 1 aromatic heterocycles. The van der Waals surface area contributed by atoms with Gasteiger partial charge in [0, 0.05) is 11.9 Å². The molecule has 1 rings (SSSR count). The van der Waals surface area contributed by atoms with Crippen molar-refractivity contribution >= 4 is 11.8 Å². The third kappa shape index (κ3) is 4.71. The summed E-state index contributed by atoms with van der Waals surface area (Å²) < 4.78 is 0. The molecule has 17 heavy (non-hydrogen) atoms. The summed E-state index contributed by atoms with van der Waals surface area (Å²) in [5.74, 6) is 1.13. The van der Waals surface area contributed by atoms with E-state index in [-0.39, 0.29) is 5.41 Å². The van der Waals surface area contributed by atoms with Crippen molar-refractivity contribution in [3.63, 3.8) is 0 Å². The van der Waals surface area contributed by atoms with Gasteiger partial charge in [-0.05, 0) is 28.5 Å². The van der Waals surface area contributed by atoms with Crippen LogP contribution in [0.3, 0.4) is 0 Å². The van der Waals surface area contributed by atoms with E-state index in [1.807, 2.05) is 18.0 Å². The zero-order valence-corrected chi connectivity index (χ0v) is 12.8. The topological polar surface area (TPSA) is 12.9 Å². The number of hydrogen-bond acceptors (Lipinski definition) is 2. The maximum Gasteiger partial charge on any atom is 0.0962 e. The number of hydrogen-bond donors (Lipinski definition) is 0. The summed E-state index contributed by atoms with van der Waals surface area (Å²) in [7, 11) is 0. The molecule has 0 spiro atoms. The zero-order chi connectivity index (χ0) is 13.1. The highest BCUT2D eigenvalue weighted by Crippen LogP contribution is 2.31. The van der Waals surface area contributed by atoms with Crippen molar-refractivity contribution in [3.05, 3.63) is 23.9 Å². The quantitative estimate of drug-likeness (QED) is 0.705. The van der Waals surface area contributed by atoms with Gasteiger partial charge >= 0.3 is 0 Å². The summed E-state index contributed by atoms with van der Waals surface area (Å²) in [6, 6.07) is 4.35. The molecule has 0 aliphatic carbocycles. The lowest BCUT2D eigenvalue weighted by molar-refractivity contribution is 0.407. The molecule has 0 saturated heterocycles. The summed E-state index contributed by atoms with van der Waals surface area (Å²) in [4.78, 5) is 4.45. The van der Waals surface area contributed by atoms with E-state index >= 15 is 0 Å². The van der Waals surface area contributed by atoms with Gasteiger partial charge in [0.05, 0.1) is 5.03 Å². The Labute approximate surface area is 110 Å². The summed E-state index contributed by atoms with van der Waals surface area (Å²) in [5, 5.41) is 1.15. The maximum atomic E-state index is 4.45. The van der Waals surface area contributed by atoms with Crippen molar-refractivity contribution < 1.29 is 0 Å². The average molecular weight is 251 g/mol. The van der Waals surface area contributed by atoms with E-state index < -0.39 is 0 Å². The van der Waals surface area contributed by atoms with Gasteiger partial charge in [0.1, 0.15) is 0 Å². The molecular formula is C15H25NS. The van der Waals surface area contributed by atoms with E-state index in [0.717, 1.165) is 10.8 Å². The van der Waals surface area contributed by atoms with Crippen molar-refractivity contribution in [2.75, 3.05) is 5.75 Å². The van der Waals surface area contributed by atoms with E-state index in [1.54, 1.807) is 0 Å². The molecule has 1 aromatic rings. The first kappa shape index (κ1) is 14.6. The molecule has 0 radical (unpaired) electrons. The highest BCUT2D eigenvalue weighted by Gasteiger charge is 2.17. The standard InChI is InChI=1S/C15H25NS/c1-7-15(5,6)11-17-13-10-12(8-9-16-13)14(2,3)4/h8-10H,7,11H2,1-6H3. The minimum atomic E-state index is 0.207. The largest absolute Gasteiger partial charge is 0.250 e. The summed E-state index contributed by atoms with van der Waals surface area (Å²) in [6.07, 6.45) is 3.14.